The number of esters is 1. The van der Waals surface area contributed by atoms with Gasteiger partial charge in [0, 0.05) is 9.50 Å². The maximum Gasteiger partial charge on any atom is 0.340 e. The summed E-state index contributed by atoms with van der Waals surface area (Å²) in [4.78, 5) is 23.6. The summed E-state index contributed by atoms with van der Waals surface area (Å²) in [6.45, 7) is -0.580. The number of rotatable bonds is 4. The van der Waals surface area contributed by atoms with Crippen molar-refractivity contribution in [2.24, 2.45) is 0 Å². The zero-order valence-electron chi connectivity index (χ0n) is 11.4. The molecule has 2 aromatic rings. The molecule has 0 saturated carbocycles. The first kappa shape index (κ1) is 17.7. The normalized spacial score (nSPS) is 10.3. The minimum Gasteiger partial charge on any atom is -0.452 e. The predicted octanol–water partition coefficient (Wildman–Crippen LogP) is 4.69. The largest absolute Gasteiger partial charge is 0.452 e. The van der Waals surface area contributed by atoms with Crippen LogP contribution < -0.4 is 5.32 Å². The SMILES string of the molecule is O=C(COC(=O)c1cc(Br)ccc1Cl)Nc1ccc(Cl)cc1F. The van der Waals surface area contributed by atoms with Gasteiger partial charge in [0.2, 0.25) is 0 Å². The van der Waals surface area contributed by atoms with Crippen LogP contribution in [0.3, 0.4) is 0 Å². The van der Waals surface area contributed by atoms with Gasteiger partial charge in [-0.05, 0) is 36.4 Å². The Bertz CT molecular complexity index is 770. The van der Waals surface area contributed by atoms with Crippen molar-refractivity contribution in [2.75, 3.05) is 11.9 Å². The molecule has 120 valence electrons. The van der Waals surface area contributed by atoms with Crippen LogP contribution in [0.5, 0.6) is 0 Å². The molecule has 2 aromatic carbocycles. The topological polar surface area (TPSA) is 55.4 Å². The summed E-state index contributed by atoms with van der Waals surface area (Å²) in [7, 11) is 0. The van der Waals surface area contributed by atoms with Gasteiger partial charge < -0.3 is 10.1 Å². The monoisotopic (exact) mass is 419 g/mol. The van der Waals surface area contributed by atoms with E-state index in [9.17, 15) is 14.0 Å². The molecule has 0 saturated heterocycles. The van der Waals surface area contributed by atoms with Crippen molar-refractivity contribution in [2.45, 2.75) is 0 Å². The van der Waals surface area contributed by atoms with Gasteiger partial charge in [0.05, 0.1) is 16.3 Å². The van der Waals surface area contributed by atoms with E-state index < -0.39 is 24.3 Å². The van der Waals surface area contributed by atoms with Gasteiger partial charge in [-0.15, -0.1) is 0 Å². The molecule has 0 heterocycles. The molecule has 0 aliphatic carbocycles. The Kier molecular flexibility index (Phi) is 5.98. The molecule has 0 aromatic heterocycles. The van der Waals surface area contributed by atoms with Gasteiger partial charge in [-0.25, -0.2) is 9.18 Å². The number of nitrogens with one attached hydrogen (secondary N) is 1. The van der Waals surface area contributed by atoms with Crippen molar-refractivity contribution in [3.05, 3.63) is 62.3 Å². The maximum atomic E-state index is 13.5. The molecule has 0 fully saturated rings. The third kappa shape index (κ3) is 4.92. The molecule has 0 unspecified atom stereocenters. The van der Waals surface area contributed by atoms with Crippen LogP contribution in [-0.4, -0.2) is 18.5 Å². The van der Waals surface area contributed by atoms with Gasteiger partial charge in [0.1, 0.15) is 5.82 Å². The van der Waals surface area contributed by atoms with Crippen molar-refractivity contribution in [3.8, 4) is 0 Å². The third-order valence-corrected chi connectivity index (χ3v) is 3.75. The summed E-state index contributed by atoms with van der Waals surface area (Å²) in [6, 6.07) is 8.45. The summed E-state index contributed by atoms with van der Waals surface area (Å²) < 4.78 is 19.0. The number of carbonyl (C=O) groups is 2. The molecule has 0 radical (unpaired) electrons. The summed E-state index contributed by atoms with van der Waals surface area (Å²) in [5.41, 5.74) is 0.0578. The van der Waals surface area contributed by atoms with E-state index in [2.05, 4.69) is 21.2 Å². The Morgan fingerprint density at radius 3 is 2.61 bits per heavy atom. The number of hydrogen-bond donors (Lipinski definition) is 1. The Balaban J connectivity index is 1.96. The van der Waals surface area contributed by atoms with Crippen molar-refractivity contribution < 1.29 is 18.7 Å². The zero-order valence-corrected chi connectivity index (χ0v) is 14.5. The standard InChI is InChI=1S/C15H9BrCl2FNO3/c16-8-1-3-11(18)10(5-8)15(22)23-7-14(21)20-13-4-2-9(17)6-12(13)19/h1-6H,7H2,(H,20,21). The van der Waals surface area contributed by atoms with E-state index in [1.165, 1.54) is 24.3 Å². The number of anilines is 1. The van der Waals surface area contributed by atoms with E-state index in [1.54, 1.807) is 6.07 Å². The van der Waals surface area contributed by atoms with E-state index in [0.717, 1.165) is 6.07 Å². The number of carbonyl (C=O) groups excluding carboxylic acids is 2. The molecule has 0 aliphatic rings. The van der Waals surface area contributed by atoms with Crippen LogP contribution in [0, 0.1) is 5.82 Å². The molecule has 23 heavy (non-hydrogen) atoms. The minimum atomic E-state index is -0.761. The lowest BCUT2D eigenvalue weighted by atomic mass is 10.2. The molecule has 0 spiro atoms. The van der Waals surface area contributed by atoms with Crippen molar-refractivity contribution >= 4 is 56.7 Å². The second-order valence-electron chi connectivity index (χ2n) is 4.37. The highest BCUT2D eigenvalue weighted by Crippen LogP contribution is 2.22. The average molecular weight is 421 g/mol. The minimum absolute atomic E-state index is 0.0593. The Labute approximate surface area is 149 Å². The lowest BCUT2D eigenvalue weighted by Crippen LogP contribution is -2.21. The van der Waals surface area contributed by atoms with Crippen LogP contribution in [0.2, 0.25) is 10.0 Å². The Morgan fingerprint density at radius 1 is 1.17 bits per heavy atom. The van der Waals surface area contributed by atoms with Crippen molar-refractivity contribution in [1.29, 1.82) is 0 Å². The molecule has 4 nitrogen and oxygen atoms in total. The number of amides is 1. The molecule has 0 bridgehead atoms. The quantitative estimate of drug-likeness (QED) is 0.730. The van der Waals surface area contributed by atoms with Gasteiger partial charge >= 0.3 is 5.97 Å². The highest BCUT2D eigenvalue weighted by atomic mass is 79.9. The number of hydrogen-bond acceptors (Lipinski definition) is 3. The van der Waals surface area contributed by atoms with E-state index in [1.807, 2.05) is 0 Å². The summed E-state index contributed by atoms with van der Waals surface area (Å²) >= 11 is 14.7. The second kappa shape index (κ2) is 7.77. The third-order valence-electron chi connectivity index (χ3n) is 2.69. The van der Waals surface area contributed by atoms with Gasteiger partial charge in [-0.1, -0.05) is 39.1 Å². The van der Waals surface area contributed by atoms with Crippen molar-refractivity contribution in [1.82, 2.24) is 0 Å². The van der Waals surface area contributed by atoms with E-state index in [4.69, 9.17) is 27.9 Å². The smallest absolute Gasteiger partial charge is 0.340 e. The fourth-order valence-electron chi connectivity index (χ4n) is 1.64. The zero-order chi connectivity index (χ0) is 17.0. The van der Waals surface area contributed by atoms with E-state index in [-0.39, 0.29) is 21.3 Å². The van der Waals surface area contributed by atoms with Gasteiger partial charge in [0.25, 0.3) is 5.91 Å². The fourth-order valence-corrected chi connectivity index (χ4v) is 2.35. The second-order valence-corrected chi connectivity index (χ2v) is 6.13. The molecule has 8 heteroatoms. The highest BCUT2D eigenvalue weighted by Gasteiger charge is 2.15. The van der Waals surface area contributed by atoms with Crippen LogP contribution in [0.15, 0.2) is 40.9 Å². The molecule has 0 atom stereocenters. The lowest BCUT2D eigenvalue weighted by Gasteiger charge is -2.08. The summed E-state index contributed by atoms with van der Waals surface area (Å²) in [5, 5.41) is 2.68. The first-order valence-corrected chi connectivity index (χ1v) is 7.79. The summed E-state index contributed by atoms with van der Waals surface area (Å²) in [6.07, 6.45) is 0. The van der Waals surface area contributed by atoms with Crippen LogP contribution >= 0.6 is 39.1 Å². The first-order chi connectivity index (χ1) is 10.9. The molecular weight excluding hydrogens is 412 g/mol. The summed E-state index contributed by atoms with van der Waals surface area (Å²) in [5.74, 6) is -2.14. The first-order valence-electron chi connectivity index (χ1n) is 6.24. The molecule has 2 rings (SSSR count). The molecule has 1 N–H and O–H groups in total. The molecule has 1 amide bonds. The Morgan fingerprint density at radius 2 is 1.91 bits per heavy atom. The van der Waals surface area contributed by atoms with Gasteiger partial charge in [-0.2, -0.15) is 0 Å². The van der Waals surface area contributed by atoms with Crippen LogP contribution in [-0.2, 0) is 9.53 Å². The Hall–Kier alpha value is -1.63. The van der Waals surface area contributed by atoms with Crippen LogP contribution in [0.25, 0.3) is 0 Å². The molecule has 0 aliphatic heterocycles. The fraction of sp³-hybridized carbons (Fsp3) is 0.0667. The highest BCUT2D eigenvalue weighted by molar-refractivity contribution is 9.10. The number of benzene rings is 2. The van der Waals surface area contributed by atoms with Crippen molar-refractivity contribution in [3.63, 3.8) is 0 Å². The lowest BCUT2D eigenvalue weighted by molar-refractivity contribution is -0.119. The van der Waals surface area contributed by atoms with E-state index in [0.29, 0.717) is 4.47 Å². The van der Waals surface area contributed by atoms with Crippen LogP contribution in [0.4, 0.5) is 10.1 Å². The number of halogens is 4. The van der Waals surface area contributed by atoms with E-state index >= 15 is 0 Å². The molecular formula is C15H9BrCl2FNO3. The average Bonchev–Trinajstić information content (AvgIpc) is 2.50. The predicted molar refractivity (Wildman–Crippen MR) is 89.5 cm³/mol. The number of ether oxygens (including phenoxy) is 1. The van der Waals surface area contributed by atoms with Gasteiger partial charge in [0.15, 0.2) is 6.61 Å². The van der Waals surface area contributed by atoms with Crippen LogP contribution in [0.1, 0.15) is 10.4 Å². The van der Waals surface area contributed by atoms with Gasteiger partial charge in [-0.3, -0.25) is 4.79 Å². The maximum absolute atomic E-state index is 13.5.